The van der Waals surface area contributed by atoms with Gasteiger partial charge >= 0.3 is 5.69 Å². The van der Waals surface area contributed by atoms with Gasteiger partial charge in [-0.05, 0) is 37.5 Å². The van der Waals surface area contributed by atoms with Gasteiger partial charge in [0.15, 0.2) is 0 Å². The first-order chi connectivity index (χ1) is 11.2. The molecule has 7 nitrogen and oxygen atoms in total. The molecule has 0 saturated heterocycles. The number of aromatic nitrogens is 2. The molecule has 7 heteroatoms. The molecule has 0 unspecified atom stereocenters. The quantitative estimate of drug-likeness (QED) is 0.587. The molecular weight excluding hydrogens is 296 g/mol. The number of nitrogens with zero attached hydrogens (tertiary/aromatic N) is 3. The van der Waals surface area contributed by atoms with E-state index < -0.39 is 4.92 Å². The number of nitrogens with one attached hydrogen (secondary N) is 1. The molecule has 0 saturated carbocycles. The van der Waals surface area contributed by atoms with E-state index in [2.05, 4.69) is 22.2 Å². The molecule has 2 aromatic rings. The zero-order chi connectivity index (χ0) is 16.7. The maximum Gasteiger partial charge on any atom is 0.373 e. The van der Waals surface area contributed by atoms with Crippen LogP contribution in [0.1, 0.15) is 32.3 Å². The molecule has 122 valence electrons. The smallest absolute Gasteiger partial charge is 0.373 e. The van der Waals surface area contributed by atoms with E-state index in [-0.39, 0.29) is 17.4 Å². The Kier molecular flexibility index (Phi) is 5.85. The van der Waals surface area contributed by atoms with E-state index in [0.717, 1.165) is 24.9 Å². The molecule has 0 radical (unpaired) electrons. The second-order valence-electron chi connectivity index (χ2n) is 4.99. The highest BCUT2D eigenvalue weighted by molar-refractivity contribution is 5.68. The van der Waals surface area contributed by atoms with E-state index in [1.807, 2.05) is 24.3 Å². The number of rotatable bonds is 8. The van der Waals surface area contributed by atoms with Crippen LogP contribution in [-0.4, -0.2) is 21.5 Å². The van der Waals surface area contributed by atoms with Gasteiger partial charge in [0.1, 0.15) is 6.33 Å². The number of unbranched alkanes of at least 4 members (excludes halogenated alkanes) is 1. The number of hydrogen-bond donors (Lipinski definition) is 1. The van der Waals surface area contributed by atoms with Gasteiger partial charge < -0.3 is 10.1 Å². The van der Waals surface area contributed by atoms with Gasteiger partial charge in [-0.3, -0.25) is 10.1 Å². The molecule has 0 aliphatic rings. The average Bonchev–Trinajstić information content (AvgIpc) is 2.54. The molecule has 0 spiro atoms. The number of benzene rings is 1. The van der Waals surface area contributed by atoms with Crippen molar-refractivity contribution in [3.8, 4) is 5.88 Å². The second-order valence-corrected chi connectivity index (χ2v) is 4.99. The van der Waals surface area contributed by atoms with Crippen LogP contribution in [0.3, 0.4) is 0 Å². The Hall–Kier alpha value is -2.70. The van der Waals surface area contributed by atoms with Crippen molar-refractivity contribution < 1.29 is 9.66 Å². The lowest BCUT2D eigenvalue weighted by molar-refractivity contribution is -0.385. The summed E-state index contributed by atoms with van der Waals surface area (Å²) < 4.78 is 5.21. The minimum absolute atomic E-state index is 0.0328. The second kappa shape index (κ2) is 8.07. The van der Waals surface area contributed by atoms with Crippen molar-refractivity contribution in [1.82, 2.24) is 9.97 Å². The van der Waals surface area contributed by atoms with Crippen LogP contribution in [0.25, 0.3) is 0 Å². The third kappa shape index (κ3) is 4.38. The molecule has 1 N–H and O–H groups in total. The monoisotopic (exact) mass is 316 g/mol. The first kappa shape index (κ1) is 16.7. The van der Waals surface area contributed by atoms with Gasteiger partial charge in [-0.15, -0.1) is 0 Å². The SMILES string of the molecule is CCCCc1ccc(Nc2ncnc(OCC)c2[N+](=O)[O-])cc1. The maximum atomic E-state index is 11.3. The molecule has 0 aliphatic carbocycles. The Bertz CT molecular complexity index is 659. The van der Waals surface area contributed by atoms with Gasteiger partial charge in [-0.2, -0.15) is 4.98 Å². The number of nitro groups is 1. The van der Waals surface area contributed by atoms with Crippen LogP contribution in [0, 0.1) is 10.1 Å². The summed E-state index contributed by atoms with van der Waals surface area (Å²) in [4.78, 5) is 18.5. The zero-order valence-corrected chi connectivity index (χ0v) is 13.3. The predicted molar refractivity (Wildman–Crippen MR) is 88.2 cm³/mol. The van der Waals surface area contributed by atoms with Crippen molar-refractivity contribution in [3.63, 3.8) is 0 Å². The molecule has 23 heavy (non-hydrogen) atoms. The van der Waals surface area contributed by atoms with Gasteiger partial charge in [-0.25, -0.2) is 4.98 Å². The lowest BCUT2D eigenvalue weighted by Crippen LogP contribution is -2.05. The van der Waals surface area contributed by atoms with Crippen molar-refractivity contribution in [2.45, 2.75) is 33.1 Å². The molecule has 0 aliphatic heterocycles. The largest absolute Gasteiger partial charge is 0.473 e. The van der Waals surface area contributed by atoms with Gasteiger partial charge in [-0.1, -0.05) is 25.5 Å². The highest BCUT2D eigenvalue weighted by atomic mass is 16.6. The maximum absolute atomic E-state index is 11.3. The van der Waals surface area contributed by atoms with Gasteiger partial charge in [0.2, 0.25) is 5.82 Å². The van der Waals surface area contributed by atoms with Crippen LogP contribution >= 0.6 is 0 Å². The molecule has 0 amide bonds. The summed E-state index contributed by atoms with van der Waals surface area (Å²) in [5.41, 5.74) is 1.71. The van der Waals surface area contributed by atoms with Crippen molar-refractivity contribution >= 4 is 17.2 Å². The van der Waals surface area contributed by atoms with E-state index in [9.17, 15) is 10.1 Å². The highest BCUT2D eigenvalue weighted by Gasteiger charge is 2.24. The Morgan fingerprint density at radius 2 is 1.96 bits per heavy atom. The van der Waals surface area contributed by atoms with Gasteiger partial charge in [0.25, 0.3) is 5.88 Å². The van der Waals surface area contributed by atoms with E-state index in [4.69, 9.17) is 4.74 Å². The summed E-state index contributed by atoms with van der Waals surface area (Å²) in [7, 11) is 0. The Morgan fingerprint density at radius 1 is 1.22 bits per heavy atom. The number of ether oxygens (including phenoxy) is 1. The molecule has 2 rings (SSSR count). The van der Waals surface area contributed by atoms with Gasteiger partial charge in [0, 0.05) is 5.69 Å². The fourth-order valence-corrected chi connectivity index (χ4v) is 2.13. The predicted octanol–water partition coefficient (Wildman–Crippen LogP) is 3.87. The summed E-state index contributed by atoms with van der Waals surface area (Å²) in [6.07, 6.45) is 4.56. The molecular formula is C16H20N4O3. The third-order valence-corrected chi connectivity index (χ3v) is 3.29. The zero-order valence-electron chi connectivity index (χ0n) is 13.3. The Labute approximate surface area is 134 Å². The third-order valence-electron chi connectivity index (χ3n) is 3.29. The lowest BCUT2D eigenvalue weighted by Gasteiger charge is -2.09. The average molecular weight is 316 g/mol. The van der Waals surface area contributed by atoms with Crippen LogP contribution in [0.5, 0.6) is 5.88 Å². The van der Waals surface area contributed by atoms with Gasteiger partial charge in [0.05, 0.1) is 11.5 Å². The topological polar surface area (TPSA) is 90.2 Å². The van der Waals surface area contributed by atoms with E-state index in [0.29, 0.717) is 6.61 Å². The molecule has 0 atom stereocenters. The molecule has 0 fully saturated rings. The molecule has 1 heterocycles. The van der Waals surface area contributed by atoms with Crippen molar-refractivity contribution in [1.29, 1.82) is 0 Å². The van der Waals surface area contributed by atoms with Crippen LogP contribution in [0.2, 0.25) is 0 Å². The van der Waals surface area contributed by atoms with Crippen LogP contribution in [-0.2, 0) is 6.42 Å². The highest BCUT2D eigenvalue weighted by Crippen LogP contribution is 2.32. The number of aryl methyl sites for hydroxylation is 1. The standard InChI is InChI=1S/C16H20N4O3/c1-3-5-6-12-7-9-13(10-8-12)19-15-14(20(21)22)16(23-4-2)18-11-17-15/h7-11H,3-6H2,1-2H3,(H,17,18,19). The molecule has 1 aromatic carbocycles. The fourth-order valence-electron chi connectivity index (χ4n) is 2.13. The van der Waals surface area contributed by atoms with Crippen molar-refractivity contribution in [2.75, 3.05) is 11.9 Å². The minimum atomic E-state index is -0.539. The number of hydrogen-bond acceptors (Lipinski definition) is 6. The summed E-state index contributed by atoms with van der Waals surface area (Å²) in [6, 6.07) is 7.79. The molecule has 0 bridgehead atoms. The Morgan fingerprint density at radius 3 is 2.57 bits per heavy atom. The summed E-state index contributed by atoms with van der Waals surface area (Å²) >= 11 is 0. The van der Waals surface area contributed by atoms with E-state index in [1.165, 1.54) is 11.9 Å². The first-order valence-electron chi connectivity index (χ1n) is 7.63. The lowest BCUT2D eigenvalue weighted by atomic mass is 10.1. The summed E-state index contributed by atoms with van der Waals surface area (Å²) in [6.45, 7) is 4.19. The Balaban J connectivity index is 2.22. The normalized spacial score (nSPS) is 10.3. The van der Waals surface area contributed by atoms with Crippen LogP contribution in [0.4, 0.5) is 17.2 Å². The van der Waals surface area contributed by atoms with Crippen LogP contribution in [0.15, 0.2) is 30.6 Å². The summed E-state index contributed by atoms with van der Waals surface area (Å²) in [5.74, 6) is 0.0873. The number of anilines is 2. The molecule has 1 aromatic heterocycles. The summed E-state index contributed by atoms with van der Waals surface area (Å²) in [5, 5.41) is 14.2. The minimum Gasteiger partial charge on any atom is -0.473 e. The van der Waals surface area contributed by atoms with E-state index >= 15 is 0 Å². The van der Waals surface area contributed by atoms with E-state index in [1.54, 1.807) is 6.92 Å². The first-order valence-corrected chi connectivity index (χ1v) is 7.63. The van der Waals surface area contributed by atoms with Crippen LogP contribution < -0.4 is 10.1 Å². The van der Waals surface area contributed by atoms with Crippen molar-refractivity contribution in [2.24, 2.45) is 0 Å². The fraction of sp³-hybridized carbons (Fsp3) is 0.375. The van der Waals surface area contributed by atoms with Crippen molar-refractivity contribution in [3.05, 3.63) is 46.3 Å².